The van der Waals surface area contributed by atoms with Gasteiger partial charge in [-0.25, -0.2) is 9.37 Å². The van der Waals surface area contributed by atoms with Gasteiger partial charge < -0.3 is 11.1 Å². The fourth-order valence-electron chi connectivity index (χ4n) is 1.16. The minimum atomic E-state index is -0.479. The van der Waals surface area contributed by atoms with Crippen LogP contribution in [0.25, 0.3) is 0 Å². The first-order valence-corrected chi connectivity index (χ1v) is 5.10. The Bertz CT molecular complexity index is 394. The Kier molecular flexibility index (Phi) is 4.30. The van der Waals surface area contributed by atoms with Crippen LogP contribution in [0.1, 0.15) is 23.8 Å². The molecule has 3 N–H and O–H groups in total. The zero-order chi connectivity index (χ0) is 12.1. The van der Waals surface area contributed by atoms with Crippen LogP contribution < -0.4 is 11.1 Å². The summed E-state index contributed by atoms with van der Waals surface area (Å²) < 4.78 is 12.6. The summed E-state index contributed by atoms with van der Waals surface area (Å²) in [6, 6.07) is 2.33. The average Bonchev–Trinajstić information content (AvgIpc) is 2.16. The smallest absolute Gasteiger partial charge is 0.270 e. The minimum Gasteiger partial charge on any atom is -0.393 e. The van der Waals surface area contributed by atoms with Crippen LogP contribution in [0.15, 0.2) is 18.3 Å². The molecule has 1 atom stereocenters. The van der Waals surface area contributed by atoms with Gasteiger partial charge in [-0.2, -0.15) is 0 Å². The van der Waals surface area contributed by atoms with E-state index in [4.69, 9.17) is 18.0 Å². The maximum atomic E-state index is 12.6. The molecule has 0 aliphatic rings. The van der Waals surface area contributed by atoms with Gasteiger partial charge in [0.15, 0.2) is 0 Å². The molecule has 0 spiro atoms. The SMILES string of the molecule is CC(CC(N)=S)NC(=O)c1ccc(F)cn1. The maximum Gasteiger partial charge on any atom is 0.270 e. The minimum absolute atomic E-state index is 0.163. The molecule has 0 aromatic carbocycles. The number of pyridine rings is 1. The van der Waals surface area contributed by atoms with Gasteiger partial charge in [0, 0.05) is 12.5 Å². The average molecular weight is 241 g/mol. The zero-order valence-corrected chi connectivity index (χ0v) is 9.55. The number of amides is 1. The molecule has 1 amide bonds. The molecule has 0 aliphatic carbocycles. The van der Waals surface area contributed by atoms with E-state index in [1.807, 2.05) is 0 Å². The van der Waals surface area contributed by atoms with E-state index in [2.05, 4.69) is 10.3 Å². The van der Waals surface area contributed by atoms with E-state index in [0.29, 0.717) is 11.4 Å². The third kappa shape index (κ3) is 3.90. The van der Waals surface area contributed by atoms with Crippen LogP contribution in [0.4, 0.5) is 4.39 Å². The molecule has 1 aromatic heterocycles. The van der Waals surface area contributed by atoms with Crippen LogP contribution in [-0.4, -0.2) is 21.9 Å². The maximum absolute atomic E-state index is 12.6. The molecule has 86 valence electrons. The number of nitrogens with two attached hydrogens (primary N) is 1. The van der Waals surface area contributed by atoms with Crippen LogP contribution in [-0.2, 0) is 0 Å². The zero-order valence-electron chi connectivity index (χ0n) is 8.74. The number of carbonyl (C=O) groups excluding carboxylic acids is 1. The summed E-state index contributed by atoms with van der Waals surface area (Å²) in [7, 11) is 0. The van der Waals surface area contributed by atoms with Crippen LogP contribution in [0.5, 0.6) is 0 Å². The molecule has 1 aromatic rings. The number of thiocarbonyl (C=S) groups is 1. The van der Waals surface area contributed by atoms with Gasteiger partial charge >= 0.3 is 0 Å². The Labute approximate surface area is 98.1 Å². The molecule has 0 fully saturated rings. The van der Waals surface area contributed by atoms with Crippen LogP contribution in [0.3, 0.4) is 0 Å². The van der Waals surface area contributed by atoms with Gasteiger partial charge in [0.25, 0.3) is 5.91 Å². The van der Waals surface area contributed by atoms with E-state index in [9.17, 15) is 9.18 Å². The first-order valence-electron chi connectivity index (χ1n) is 4.69. The second-order valence-electron chi connectivity index (χ2n) is 3.41. The molecule has 16 heavy (non-hydrogen) atoms. The van der Waals surface area contributed by atoms with Gasteiger partial charge in [-0.1, -0.05) is 12.2 Å². The molecule has 4 nitrogen and oxygen atoms in total. The van der Waals surface area contributed by atoms with Crippen LogP contribution >= 0.6 is 12.2 Å². The Morgan fingerprint density at radius 2 is 2.38 bits per heavy atom. The Balaban J connectivity index is 2.58. The van der Waals surface area contributed by atoms with Crippen LogP contribution in [0.2, 0.25) is 0 Å². The van der Waals surface area contributed by atoms with E-state index < -0.39 is 5.82 Å². The molecule has 1 unspecified atom stereocenters. The standard InChI is InChI=1S/C10H12FN3OS/c1-6(4-9(12)16)14-10(15)8-3-2-7(11)5-13-8/h2-3,5-6H,4H2,1H3,(H2,12,16)(H,14,15). The lowest BCUT2D eigenvalue weighted by molar-refractivity contribution is 0.0936. The van der Waals surface area contributed by atoms with E-state index in [-0.39, 0.29) is 17.6 Å². The third-order valence-electron chi connectivity index (χ3n) is 1.84. The van der Waals surface area contributed by atoms with Crippen molar-refractivity contribution in [1.82, 2.24) is 10.3 Å². The number of halogens is 1. The lowest BCUT2D eigenvalue weighted by Gasteiger charge is -2.12. The summed E-state index contributed by atoms with van der Waals surface area (Å²) in [6.07, 6.45) is 1.41. The number of nitrogens with one attached hydrogen (secondary N) is 1. The van der Waals surface area contributed by atoms with Crippen molar-refractivity contribution in [3.8, 4) is 0 Å². The predicted molar refractivity (Wildman–Crippen MR) is 62.5 cm³/mol. The topological polar surface area (TPSA) is 68.0 Å². The summed E-state index contributed by atoms with van der Waals surface area (Å²) >= 11 is 4.72. The fourth-order valence-corrected chi connectivity index (χ4v) is 1.41. The highest BCUT2D eigenvalue weighted by molar-refractivity contribution is 7.80. The molecule has 6 heteroatoms. The molecule has 1 rings (SSSR count). The highest BCUT2D eigenvalue weighted by atomic mass is 32.1. The Hall–Kier alpha value is -1.56. The monoisotopic (exact) mass is 241 g/mol. The molecular formula is C10H12FN3OS. The Morgan fingerprint density at radius 3 is 2.88 bits per heavy atom. The van der Waals surface area contributed by atoms with E-state index in [1.54, 1.807) is 6.92 Å². The summed E-state index contributed by atoms with van der Waals surface area (Å²) in [5, 5.41) is 2.66. The molecule has 0 saturated heterocycles. The van der Waals surface area contributed by atoms with Crippen LogP contribution in [0, 0.1) is 5.82 Å². The van der Waals surface area contributed by atoms with Gasteiger partial charge in [0.1, 0.15) is 11.5 Å². The van der Waals surface area contributed by atoms with Crippen molar-refractivity contribution in [2.24, 2.45) is 5.73 Å². The normalized spacial score (nSPS) is 11.9. The molecule has 0 saturated carbocycles. The van der Waals surface area contributed by atoms with E-state index in [0.717, 1.165) is 6.20 Å². The van der Waals surface area contributed by atoms with Gasteiger partial charge in [-0.3, -0.25) is 4.79 Å². The van der Waals surface area contributed by atoms with E-state index in [1.165, 1.54) is 12.1 Å². The van der Waals surface area contributed by atoms with Crippen molar-refractivity contribution >= 4 is 23.1 Å². The highest BCUT2D eigenvalue weighted by Crippen LogP contribution is 1.99. The lowest BCUT2D eigenvalue weighted by Crippen LogP contribution is -2.35. The van der Waals surface area contributed by atoms with Crippen molar-refractivity contribution in [2.45, 2.75) is 19.4 Å². The van der Waals surface area contributed by atoms with E-state index >= 15 is 0 Å². The number of rotatable bonds is 4. The number of carbonyl (C=O) groups is 1. The van der Waals surface area contributed by atoms with Gasteiger partial charge in [0.2, 0.25) is 0 Å². The van der Waals surface area contributed by atoms with Gasteiger partial charge in [-0.15, -0.1) is 0 Å². The van der Waals surface area contributed by atoms with Crippen molar-refractivity contribution < 1.29 is 9.18 Å². The number of nitrogens with zero attached hydrogens (tertiary/aromatic N) is 1. The molecule has 0 bridgehead atoms. The Morgan fingerprint density at radius 1 is 1.69 bits per heavy atom. The number of hydrogen-bond acceptors (Lipinski definition) is 3. The largest absolute Gasteiger partial charge is 0.393 e. The summed E-state index contributed by atoms with van der Waals surface area (Å²) in [5.74, 6) is -0.850. The second kappa shape index (κ2) is 5.50. The second-order valence-corrected chi connectivity index (χ2v) is 3.93. The number of aromatic nitrogens is 1. The van der Waals surface area contributed by atoms with Crippen molar-refractivity contribution in [1.29, 1.82) is 0 Å². The predicted octanol–water partition coefficient (Wildman–Crippen LogP) is 1.02. The number of hydrogen-bond donors (Lipinski definition) is 2. The summed E-state index contributed by atoms with van der Waals surface area (Å²) in [5.41, 5.74) is 5.51. The lowest BCUT2D eigenvalue weighted by atomic mass is 10.2. The van der Waals surface area contributed by atoms with Gasteiger partial charge in [0.05, 0.1) is 11.2 Å². The molecule has 0 aliphatic heterocycles. The molecular weight excluding hydrogens is 229 g/mol. The van der Waals surface area contributed by atoms with Crippen molar-refractivity contribution in [3.63, 3.8) is 0 Å². The summed E-state index contributed by atoms with van der Waals surface area (Å²) in [6.45, 7) is 1.78. The quantitative estimate of drug-likeness (QED) is 0.772. The highest BCUT2D eigenvalue weighted by Gasteiger charge is 2.11. The molecule has 1 heterocycles. The van der Waals surface area contributed by atoms with Gasteiger partial charge in [-0.05, 0) is 19.1 Å². The summed E-state index contributed by atoms with van der Waals surface area (Å²) in [4.78, 5) is 15.6. The van der Waals surface area contributed by atoms with Crippen molar-refractivity contribution in [3.05, 3.63) is 29.8 Å². The first kappa shape index (κ1) is 12.5. The van der Waals surface area contributed by atoms with Crippen molar-refractivity contribution in [2.75, 3.05) is 0 Å². The fraction of sp³-hybridized carbons (Fsp3) is 0.300. The third-order valence-corrected chi connectivity index (χ3v) is 2.01. The molecule has 0 radical (unpaired) electrons. The first-order chi connectivity index (χ1) is 7.49.